The monoisotopic (exact) mass is 557 g/mol. The molecular formula is C28H32FN3O6S. The second kappa shape index (κ2) is 11.7. The number of carbonyl (C=O) groups is 3. The van der Waals surface area contributed by atoms with Gasteiger partial charge in [-0.15, -0.1) is 0 Å². The zero-order valence-corrected chi connectivity index (χ0v) is 22.9. The topological polar surface area (TPSA) is 126 Å². The maximum atomic E-state index is 14.2. The number of fused-ring (bicyclic) bond motifs is 1. The first-order valence-corrected chi connectivity index (χ1v) is 14.3. The molecule has 1 fully saturated rings. The first kappa shape index (κ1) is 28.4. The largest absolute Gasteiger partial charge is 0.451 e. The number of halogens is 1. The van der Waals surface area contributed by atoms with Gasteiger partial charge in [0.15, 0.2) is 11.5 Å². The quantitative estimate of drug-likeness (QED) is 0.436. The SMILES string of the molecule is Cc1c(C(=O)NC(CC(C)C)C(=O)NC2CCCN(S(=O)(=O)c3ccccc3F)CC2=O)oc2ccccc12. The smallest absolute Gasteiger partial charge is 0.287 e. The number of nitrogens with zero attached hydrogens (tertiary/aromatic N) is 1. The molecule has 0 bridgehead atoms. The number of sulfonamides is 1. The van der Waals surface area contributed by atoms with E-state index in [0.717, 1.165) is 21.8 Å². The molecule has 0 radical (unpaired) electrons. The number of benzene rings is 2. The Bertz CT molecular complexity index is 1500. The van der Waals surface area contributed by atoms with Gasteiger partial charge >= 0.3 is 0 Å². The Morgan fingerprint density at radius 2 is 1.82 bits per heavy atom. The maximum absolute atomic E-state index is 14.2. The normalized spacial score (nSPS) is 17.7. The summed E-state index contributed by atoms with van der Waals surface area (Å²) in [6, 6.07) is 10.3. The second-order valence-electron chi connectivity index (χ2n) is 10.1. The highest BCUT2D eigenvalue weighted by molar-refractivity contribution is 7.89. The molecule has 2 atom stereocenters. The Hall–Kier alpha value is -3.57. The fraction of sp³-hybridized carbons (Fsp3) is 0.393. The van der Waals surface area contributed by atoms with Crippen molar-refractivity contribution in [2.45, 2.75) is 57.0 Å². The van der Waals surface area contributed by atoms with Crippen LogP contribution in [0.25, 0.3) is 11.0 Å². The van der Waals surface area contributed by atoms with Crippen molar-refractivity contribution in [3.8, 4) is 0 Å². The van der Waals surface area contributed by atoms with Crippen molar-refractivity contribution in [1.82, 2.24) is 14.9 Å². The standard InChI is InChI=1S/C28H32FN3O6S/c1-17(2)15-22(31-28(35)26-18(3)19-9-4-6-12-24(19)38-26)27(34)30-21-11-8-14-32(16-23(21)33)39(36,37)25-13-7-5-10-20(25)29/h4-7,9-10,12-13,17,21-22H,8,11,14-16H2,1-3H3,(H,30,34)(H,31,35). The number of rotatable bonds is 8. The molecular weight excluding hydrogens is 525 g/mol. The van der Waals surface area contributed by atoms with Gasteiger partial charge < -0.3 is 15.1 Å². The van der Waals surface area contributed by atoms with Crippen LogP contribution in [-0.4, -0.2) is 55.5 Å². The molecule has 208 valence electrons. The number of hydrogen-bond donors (Lipinski definition) is 2. The molecule has 2 aromatic carbocycles. The minimum atomic E-state index is -4.24. The highest BCUT2D eigenvalue weighted by Crippen LogP contribution is 2.25. The molecule has 39 heavy (non-hydrogen) atoms. The van der Waals surface area contributed by atoms with Crippen molar-refractivity contribution in [1.29, 1.82) is 0 Å². The van der Waals surface area contributed by atoms with Crippen molar-refractivity contribution >= 4 is 38.6 Å². The third-order valence-electron chi connectivity index (χ3n) is 6.77. The Morgan fingerprint density at radius 1 is 1.13 bits per heavy atom. The average Bonchev–Trinajstić information content (AvgIpc) is 3.11. The minimum absolute atomic E-state index is 0.00622. The van der Waals surface area contributed by atoms with E-state index >= 15 is 0 Å². The second-order valence-corrected chi connectivity index (χ2v) is 12.1. The molecule has 4 rings (SSSR count). The number of furan rings is 1. The highest BCUT2D eigenvalue weighted by atomic mass is 32.2. The average molecular weight is 558 g/mol. The number of aryl methyl sites for hydroxylation is 1. The van der Waals surface area contributed by atoms with E-state index < -0.39 is 57.0 Å². The first-order valence-electron chi connectivity index (χ1n) is 12.9. The van der Waals surface area contributed by atoms with E-state index in [9.17, 15) is 27.2 Å². The van der Waals surface area contributed by atoms with Crippen molar-refractivity contribution in [2.75, 3.05) is 13.1 Å². The van der Waals surface area contributed by atoms with Gasteiger partial charge in [-0.05, 0) is 50.3 Å². The fourth-order valence-electron chi connectivity index (χ4n) is 4.74. The van der Waals surface area contributed by atoms with Gasteiger partial charge in [0.25, 0.3) is 5.91 Å². The molecule has 0 spiro atoms. The fourth-order valence-corrected chi connectivity index (χ4v) is 6.25. The van der Waals surface area contributed by atoms with Crippen LogP contribution in [0.15, 0.2) is 57.8 Å². The molecule has 1 aromatic heterocycles. The summed E-state index contributed by atoms with van der Waals surface area (Å²) in [4.78, 5) is 38.9. The molecule has 0 saturated carbocycles. The Labute approximate surface area is 226 Å². The lowest BCUT2D eigenvalue weighted by Gasteiger charge is -2.23. The van der Waals surface area contributed by atoms with Crippen LogP contribution in [0.2, 0.25) is 0 Å². The lowest BCUT2D eigenvalue weighted by Crippen LogP contribution is -2.52. The number of hydrogen-bond acceptors (Lipinski definition) is 6. The van der Waals surface area contributed by atoms with Crippen LogP contribution in [0.5, 0.6) is 0 Å². The molecule has 2 heterocycles. The molecule has 1 aliphatic rings. The summed E-state index contributed by atoms with van der Waals surface area (Å²) < 4.78 is 46.9. The van der Waals surface area contributed by atoms with Crippen molar-refractivity contribution < 1.29 is 31.6 Å². The summed E-state index contributed by atoms with van der Waals surface area (Å²) in [5.41, 5.74) is 1.21. The van der Waals surface area contributed by atoms with Crippen LogP contribution in [0, 0.1) is 18.7 Å². The zero-order valence-electron chi connectivity index (χ0n) is 22.1. The van der Waals surface area contributed by atoms with Crippen molar-refractivity contribution in [2.24, 2.45) is 5.92 Å². The van der Waals surface area contributed by atoms with Gasteiger partial charge in [-0.25, -0.2) is 12.8 Å². The number of ketones is 1. The lowest BCUT2D eigenvalue weighted by atomic mass is 10.0. The maximum Gasteiger partial charge on any atom is 0.287 e. The van der Waals surface area contributed by atoms with Gasteiger partial charge in [0.1, 0.15) is 22.3 Å². The van der Waals surface area contributed by atoms with E-state index in [2.05, 4.69) is 10.6 Å². The van der Waals surface area contributed by atoms with Gasteiger partial charge in [0.05, 0.1) is 12.6 Å². The molecule has 9 nitrogen and oxygen atoms in total. The molecule has 2 unspecified atom stereocenters. The van der Waals surface area contributed by atoms with Gasteiger partial charge in [-0.2, -0.15) is 4.31 Å². The summed E-state index contributed by atoms with van der Waals surface area (Å²) in [6.07, 6.45) is 0.800. The van der Waals surface area contributed by atoms with E-state index in [1.54, 1.807) is 19.1 Å². The summed E-state index contributed by atoms with van der Waals surface area (Å²) >= 11 is 0. The highest BCUT2D eigenvalue weighted by Gasteiger charge is 2.35. The van der Waals surface area contributed by atoms with E-state index in [1.165, 1.54) is 12.1 Å². The van der Waals surface area contributed by atoms with Crippen LogP contribution >= 0.6 is 0 Å². The number of Topliss-reactive ketones (excluding diaryl/α,β-unsaturated/α-hetero) is 1. The third-order valence-corrected chi connectivity index (χ3v) is 8.65. The summed E-state index contributed by atoms with van der Waals surface area (Å²) in [7, 11) is -4.24. The van der Waals surface area contributed by atoms with Crippen LogP contribution < -0.4 is 10.6 Å². The van der Waals surface area contributed by atoms with E-state index in [-0.39, 0.29) is 31.1 Å². The van der Waals surface area contributed by atoms with Gasteiger partial charge in [0.2, 0.25) is 15.9 Å². The van der Waals surface area contributed by atoms with E-state index in [4.69, 9.17) is 4.42 Å². The Balaban J connectivity index is 1.47. The van der Waals surface area contributed by atoms with Crippen LogP contribution in [0.4, 0.5) is 4.39 Å². The van der Waals surface area contributed by atoms with Gasteiger partial charge in [0, 0.05) is 17.5 Å². The molecule has 11 heteroatoms. The number of nitrogens with one attached hydrogen (secondary N) is 2. The number of amides is 2. The molecule has 2 amide bonds. The molecule has 1 aliphatic heterocycles. The molecule has 3 aromatic rings. The van der Waals surface area contributed by atoms with Crippen molar-refractivity contribution in [3.63, 3.8) is 0 Å². The van der Waals surface area contributed by atoms with Gasteiger partial charge in [-0.3, -0.25) is 14.4 Å². The first-order chi connectivity index (χ1) is 18.5. The number of carbonyl (C=O) groups excluding carboxylic acids is 3. The van der Waals surface area contributed by atoms with Gasteiger partial charge in [-0.1, -0.05) is 44.2 Å². The summed E-state index contributed by atoms with van der Waals surface area (Å²) in [5.74, 6) is -2.34. The van der Waals surface area contributed by atoms with Crippen LogP contribution in [0.1, 0.15) is 49.2 Å². The molecule has 1 saturated heterocycles. The van der Waals surface area contributed by atoms with E-state index in [0.29, 0.717) is 17.6 Å². The number of para-hydroxylation sites is 1. The van der Waals surface area contributed by atoms with Crippen molar-refractivity contribution in [3.05, 3.63) is 65.7 Å². The molecule has 0 aliphatic carbocycles. The summed E-state index contributed by atoms with van der Waals surface area (Å²) in [5, 5.41) is 6.25. The predicted molar refractivity (Wildman–Crippen MR) is 143 cm³/mol. The predicted octanol–water partition coefficient (Wildman–Crippen LogP) is 3.56. The third kappa shape index (κ3) is 6.20. The lowest BCUT2D eigenvalue weighted by molar-refractivity contribution is -0.129. The zero-order chi connectivity index (χ0) is 28.3. The van der Waals surface area contributed by atoms with Crippen LogP contribution in [0.3, 0.4) is 0 Å². The molecule has 2 N–H and O–H groups in total. The van der Waals surface area contributed by atoms with E-state index in [1.807, 2.05) is 26.0 Å². The summed E-state index contributed by atoms with van der Waals surface area (Å²) in [6.45, 7) is 5.08. The Kier molecular flexibility index (Phi) is 8.51. The Morgan fingerprint density at radius 3 is 2.51 bits per heavy atom. The minimum Gasteiger partial charge on any atom is -0.451 e. The van der Waals surface area contributed by atoms with Crippen LogP contribution in [-0.2, 0) is 19.6 Å².